The quantitative estimate of drug-likeness (QED) is 0.784. The molecule has 1 heterocycles. The molecule has 0 fully saturated rings. The molecule has 0 aliphatic carbocycles. The van der Waals surface area contributed by atoms with Gasteiger partial charge in [-0.05, 0) is 13.8 Å². The summed E-state index contributed by atoms with van der Waals surface area (Å²) in [6, 6.07) is 0.450. The largest absolute Gasteiger partial charge is 0.355 e. The summed E-state index contributed by atoms with van der Waals surface area (Å²) in [6.07, 6.45) is 1.90. The first-order valence-electron chi connectivity index (χ1n) is 6.31. The van der Waals surface area contributed by atoms with Gasteiger partial charge >= 0.3 is 0 Å². The Bertz CT molecular complexity index is 412. The van der Waals surface area contributed by atoms with Gasteiger partial charge in [0, 0.05) is 37.9 Å². The zero-order valence-corrected chi connectivity index (χ0v) is 12.1. The molecular formula is C14H24N4. The lowest BCUT2D eigenvalue weighted by atomic mass is 10.2. The molecule has 0 amide bonds. The van der Waals surface area contributed by atoms with E-state index in [0.29, 0.717) is 6.04 Å². The zero-order chi connectivity index (χ0) is 13.7. The van der Waals surface area contributed by atoms with Crippen LogP contribution in [0.25, 0.3) is 0 Å². The van der Waals surface area contributed by atoms with Crippen molar-refractivity contribution in [1.82, 2.24) is 15.3 Å². The maximum absolute atomic E-state index is 4.54. The molecule has 0 aliphatic heterocycles. The highest BCUT2D eigenvalue weighted by Gasteiger charge is 2.10. The molecule has 4 nitrogen and oxygen atoms in total. The Morgan fingerprint density at radius 2 is 2.17 bits per heavy atom. The average Bonchev–Trinajstić information content (AvgIpc) is 2.26. The molecule has 0 bridgehead atoms. The van der Waals surface area contributed by atoms with Crippen molar-refractivity contribution in [2.75, 3.05) is 18.5 Å². The van der Waals surface area contributed by atoms with Gasteiger partial charge in [0.25, 0.3) is 0 Å². The third-order valence-corrected chi connectivity index (χ3v) is 2.53. The first kappa shape index (κ1) is 14.6. The van der Waals surface area contributed by atoms with Crippen molar-refractivity contribution in [2.45, 2.75) is 40.3 Å². The van der Waals surface area contributed by atoms with Crippen LogP contribution < -0.4 is 10.2 Å². The van der Waals surface area contributed by atoms with Gasteiger partial charge in [0.05, 0.1) is 0 Å². The van der Waals surface area contributed by atoms with E-state index in [-0.39, 0.29) is 0 Å². The van der Waals surface area contributed by atoms with E-state index < -0.39 is 0 Å². The molecule has 0 aliphatic rings. The Labute approximate surface area is 110 Å². The molecule has 0 saturated heterocycles. The molecule has 0 saturated carbocycles. The van der Waals surface area contributed by atoms with E-state index in [2.05, 4.69) is 40.6 Å². The fourth-order valence-corrected chi connectivity index (χ4v) is 1.73. The fourth-order valence-electron chi connectivity index (χ4n) is 1.73. The molecule has 18 heavy (non-hydrogen) atoms. The Balaban J connectivity index is 2.91. The number of hydrogen-bond acceptors (Lipinski definition) is 4. The van der Waals surface area contributed by atoms with Crippen LogP contribution in [0.4, 0.5) is 5.82 Å². The van der Waals surface area contributed by atoms with Crippen molar-refractivity contribution in [3.8, 4) is 0 Å². The molecule has 4 heteroatoms. The number of anilines is 1. The molecule has 0 aromatic carbocycles. The summed E-state index contributed by atoms with van der Waals surface area (Å²) >= 11 is 0. The van der Waals surface area contributed by atoms with Crippen LogP contribution in [-0.2, 0) is 6.54 Å². The van der Waals surface area contributed by atoms with Crippen molar-refractivity contribution in [1.29, 1.82) is 0 Å². The first-order chi connectivity index (χ1) is 8.40. The summed E-state index contributed by atoms with van der Waals surface area (Å²) < 4.78 is 0. The van der Waals surface area contributed by atoms with E-state index in [0.717, 1.165) is 35.9 Å². The van der Waals surface area contributed by atoms with Crippen molar-refractivity contribution < 1.29 is 0 Å². The van der Waals surface area contributed by atoms with Gasteiger partial charge in [-0.25, -0.2) is 9.97 Å². The van der Waals surface area contributed by atoms with Crippen LogP contribution in [0, 0.1) is 6.92 Å². The van der Waals surface area contributed by atoms with Crippen molar-refractivity contribution in [3.05, 3.63) is 29.7 Å². The predicted octanol–water partition coefficient (Wildman–Crippen LogP) is 2.30. The van der Waals surface area contributed by atoms with E-state index in [4.69, 9.17) is 0 Å². The Kier molecular flexibility index (Phi) is 5.28. The minimum absolute atomic E-state index is 0.450. The molecular weight excluding hydrogens is 224 g/mol. The SMILES string of the molecule is C=C(C)CN(C)c1nc(C)ncc1CNC(C)C. The second kappa shape index (κ2) is 6.50. The first-order valence-corrected chi connectivity index (χ1v) is 6.31. The fraction of sp³-hybridized carbons (Fsp3) is 0.571. The molecule has 1 rings (SSSR count). The lowest BCUT2D eigenvalue weighted by Crippen LogP contribution is -2.26. The molecule has 0 spiro atoms. The van der Waals surface area contributed by atoms with Gasteiger partial charge in [0.1, 0.15) is 11.6 Å². The Morgan fingerprint density at radius 3 is 2.72 bits per heavy atom. The molecule has 0 unspecified atom stereocenters. The van der Waals surface area contributed by atoms with Crippen molar-refractivity contribution >= 4 is 5.82 Å². The smallest absolute Gasteiger partial charge is 0.136 e. The van der Waals surface area contributed by atoms with E-state index in [9.17, 15) is 0 Å². The zero-order valence-electron chi connectivity index (χ0n) is 12.1. The maximum Gasteiger partial charge on any atom is 0.136 e. The molecule has 1 aromatic rings. The summed E-state index contributed by atoms with van der Waals surface area (Å²) in [5, 5.41) is 3.40. The topological polar surface area (TPSA) is 41.1 Å². The van der Waals surface area contributed by atoms with E-state index in [1.54, 1.807) is 0 Å². The van der Waals surface area contributed by atoms with Crippen LogP contribution in [0.5, 0.6) is 0 Å². The summed E-state index contributed by atoms with van der Waals surface area (Å²) in [5.74, 6) is 1.78. The van der Waals surface area contributed by atoms with Crippen LogP contribution >= 0.6 is 0 Å². The molecule has 100 valence electrons. The van der Waals surface area contributed by atoms with E-state index in [1.807, 2.05) is 27.1 Å². The Hall–Kier alpha value is -1.42. The van der Waals surface area contributed by atoms with E-state index >= 15 is 0 Å². The highest BCUT2D eigenvalue weighted by Crippen LogP contribution is 2.16. The number of likely N-dealkylation sites (N-methyl/N-ethyl adjacent to an activating group) is 1. The molecule has 0 atom stereocenters. The molecule has 1 N–H and O–H groups in total. The monoisotopic (exact) mass is 248 g/mol. The van der Waals surface area contributed by atoms with Crippen molar-refractivity contribution in [3.63, 3.8) is 0 Å². The van der Waals surface area contributed by atoms with E-state index in [1.165, 1.54) is 0 Å². The van der Waals surface area contributed by atoms with Crippen molar-refractivity contribution in [2.24, 2.45) is 0 Å². The summed E-state index contributed by atoms with van der Waals surface area (Å²) in [7, 11) is 2.04. The third-order valence-electron chi connectivity index (χ3n) is 2.53. The number of aromatic nitrogens is 2. The maximum atomic E-state index is 4.54. The number of hydrogen-bond donors (Lipinski definition) is 1. The second-order valence-corrected chi connectivity index (χ2v) is 5.11. The Morgan fingerprint density at radius 1 is 1.50 bits per heavy atom. The van der Waals surface area contributed by atoms with Gasteiger partial charge in [0.15, 0.2) is 0 Å². The van der Waals surface area contributed by atoms with Crippen LogP contribution in [0.1, 0.15) is 32.2 Å². The summed E-state index contributed by atoms with van der Waals surface area (Å²) in [4.78, 5) is 10.9. The lowest BCUT2D eigenvalue weighted by Gasteiger charge is -2.22. The number of aryl methyl sites for hydroxylation is 1. The van der Waals surface area contributed by atoms with Gasteiger partial charge < -0.3 is 10.2 Å². The third kappa shape index (κ3) is 4.45. The average molecular weight is 248 g/mol. The number of rotatable bonds is 6. The summed E-state index contributed by atoms with van der Waals surface area (Å²) in [5.41, 5.74) is 2.24. The van der Waals surface area contributed by atoms with Crippen LogP contribution in [0.3, 0.4) is 0 Å². The number of nitrogens with zero attached hydrogens (tertiary/aromatic N) is 3. The summed E-state index contributed by atoms with van der Waals surface area (Å²) in [6.45, 7) is 13.7. The molecule has 0 radical (unpaired) electrons. The lowest BCUT2D eigenvalue weighted by molar-refractivity contribution is 0.586. The van der Waals surface area contributed by atoms with Gasteiger partial charge in [-0.15, -0.1) is 0 Å². The minimum Gasteiger partial charge on any atom is -0.355 e. The highest BCUT2D eigenvalue weighted by atomic mass is 15.2. The standard InChI is InChI=1S/C14H24N4/c1-10(2)9-18(6)14-13(7-15-11(3)4)8-16-12(5)17-14/h8,11,15H,1,7,9H2,2-6H3. The van der Waals surface area contributed by atoms with Gasteiger partial charge in [-0.2, -0.15) is 0 Å². The minimum atomic E-state index is 0.450. The second-order valence-electron chi connectivity index (χ2n) is 5.11. The highest BCUT2D eigenvalue weighted by molar-refractivity contribution is 5.46. The normalized spacial score (nSPS) is 10.8. The van der Waals surface area contributed by atoms with Crippen LogP contribution in [-0.4, -0.2) is 29.6 Å². The van der Waals surface area contributed by atoms with Crippen LogP contribution in [0.15, 0.2) is 18.3 Å². The number of nitrogens with one attached hydrogen (secondary N) is 1. The van der Waals surface area contributed by atoms with Crippen LogP contribution in [0.2, 0.25) is 0 Å². The molecule has 1 aromatic heterocycles. The van der Waals surface area contributed by atoms with Gasteiger partial charge in [-0.1, -0.05) is 26.0 Å². The van der Waals surface area contributed by atoms with Gasteiger partial charge in [-0.3, -0.25) is 0 Å². The predicted molar refractivity (Wildman–Crippen MR) is 76.8 cm³/mol. The van der Waals surface area contributed by atoms with Gasteiger partial charge in [0.2, 0.25) is 0 Å².